The van der Waals surface area contributed by atoms with Crippen molar-refractivity contribution in [3.05, 3.63) is 35.1 Å². The van der Waals surface area contributed by atoms with Crippen LogP contribution in [0, 0.1) is 34.4 Å². The molecule has 2 saturated heterocycles. The lowest BCUT2D eigenvalue weighted by Gasteiger charge is -2.52. The summed E-state index contributed by atoms with van der Waals surface area (Å²) in [5.74, 6) is 0.355. The van der Waals surface area contributed by atoms with Crippen molar-refractivity contribution in [3.8, 4) is 6.07 Å². The van der Waals surface area contributed by atoms with Crippen molar-refractivity contribution >= 4 is 5.78 Å². The minimum absolute atomic E-state index is 0.0904. The Morgan fingerprint density at radius 2 is 2.10 bits per heavy atom. The molecule has 5 rings (SSSR count). The highest BCUT2D eigenvalue weighted by Gasteiger charge is 2.46. The number of hydrogen-bond donors (Lipinski definition) is 1. The molecule has 0 amide bonds. The second-order valence-corrected chi connectivity index (χ2v) is 10.9. The number of likely N-dealkylation sites (tertiary alicyclic amines) is 1. The Bertz CT molecular complexity index is 877. The molecule has 2 bridgehead atoms. The molecule has 4 nitrogen and oxygen atoms in total. The van der Waals surface area contributed by atoms with Gasteiger partial charge in [-0.3, -0.25) is 4.79 Å². The molecule has 166 valence electrons. The number of rotatable bonds is 6. The zero-order valence-corrected chi connectivity index (χ0v) is 18.6. The van der Waals surface area contributed by atoms with Crippen LogP contribution in [0.2, 0.25) is 0 Å². The van der Waals surface area contributed by atoms with Crippen LogP contribution in [0.1, 0.15) is 68.4 Å². The number of nitriles is 1. The SMILES string of the molecule is CN1CCC2(CC1)CC(c1ccc(C[C@@H](C#N)CC(=O)[C@H]3N[C@@H]4CC[C@H]3C4)c(F)c1)C2. The minimum Gasteiger partial charge on any atom is -0.306 e. The third kappa shape index (κ3) is 4.17. The number of carbonyl (C=O) groups is 1. The third-order valence-corrected chi connectivity index (χ3v) is 8.76. The van der Waals surface area contributed by atoms with E-state index in [0.29, 0.717) is 35.3 Å². The van der Waals surface area contributed by atoms with Gasteiger partial charge >= 0.3 is 0 Å². The summed E-state index contributed by atoms with van der Waals surface area (Å²) in [5.41, 5.74) is 2.14. The van der Waals surface area contributed by atoms with Crippen LogP contribution in [0.15, 0.2) is 18.2 Å². The van der Waals surface area contributed by atoms with E-state index in [4.69, 9.17) is 0 Å². The molecule has 4 fully saturated rings. The van der Waals surface area contributed by atoms with Crippen LogP contribution in [-0.4, -0.2) is 42.9 Å². The first-order valence-corrected chi connectivity index (χ1v) is 12.1. The van der Waals surface area contributed by atoms with E-state index in [2.05, 4.69) is 29.4 Å². The molecule has 0 unspecified atom stereocenters. The van der Waals surface area contributed by atoms with Crippen molar-refractivity contribution in [1.29, 1.82) is 5.26 Å². The summed E-state index contributed by atoms with van der Waals surface area (Å²) in [5, 5.41) is 13.0. The zero-order chi connectivity index (χ0) is 21.6. The molecule has 2 heterocycles. The summed E-state index contributed by atoms with van der Waals surface area (Å²) in [4.78, 5) is 15.1. The molecule has 5 heteroatoms. The Hall–Kier alpha value is -1.77. The number of Topliss-reactive ketones (excluding diaryl/α,β-unsaturated/α-hetero) is 1. The average molecular weight is 424 g/mol. The zero-order valence-electron chi connectivity index (χ0n) is 18.6. The fourth-order valence-corrected chi connectivity index (χ4v) is 6.72. The molecule has 31 heavy (non-hydrogen) atoms. The largest absolute Gasteiger partial charge is 0.306 e. The van der Waals surface area contributed by atoms with E-state index in [-0.39, 0.29) is 24.1 Å². The molecule has 4 aliphatic rings. The molecule has 1 N–H and O–H groups in total. The number of fused-ring (bicyclic) bond motifs is 2. The minimum atomic E-state index is -0.458. The Kier molecular flexibility index (Phi) is 5.65. The molecule has 0 aromatic heterocycles. The molecule has 1 aromatic rings. The highest BCUT2D eigenvalue weighted by atomic mass is 19.1. The Labute approximate surface area is 185 Å². The first kappa shape index (κ1) is 21.1. The van der Waals surface area contributed by atoms with Crippen LogP contribution in [0.25, 0.3) is 0 Å². The van der Waals surface area contributed by atoms with Gasteiger partial charge in [0.15, 0.2) is 5.78 Å². The van der Waals surface area contributed by atoms with Crippen LogP contribution in [-0.2, 0) is 11.2 Å². The van der Waals surface area contributed by atoms with E-state index >= 15 is 0 Å². The van der Waals surface area contributed by atoms with Gasteiger partial charge in [0.25, 0.3) is 0 Å². The van der Waals surface area contributed by atoms with Crippen LogP contribution < -0.4 is 5.32 Å². The molecule has 2 saturated carbocycles. The molecule has 1 spiro atoms. The van der Waals surface area contributed by atoms with Crippen LogP contribution >= 0.6 is 0 Å². The van der Waals surface area contributed by atoms with Crippen molar-refractivity contribution < 1.29 is 9.18 Å². The van der Waals surface area contributed by atoms with E-state index in [9.17, 15) is 14.4 Å². The lowest BCUT2D eigenvalue weighted by molar-refractivity contribution is -0.122. The number of hydrogen-bond acceptors (Lipinski definition) is 4. The predicted molar refractivity (Wildman–Crippen MR) is 118 cm³/mol. The maximum absolute atomic E-state index is 14.9. The standard InChI is InChI=1S/C26H34FN3O/c1-30-8-6-26(7-9-30)14-21(15-26)18-2-3-19(23(27)13-18)10-17(16-28)11-24(31)25-20-4-5-22(12-20)29-25/h2-3,13,17,20-22,25,29H,4-12,14-15H2,1H3/t17-,20+,22-,25+/m1/s1. The average Bonchev–Trinajstić information content (AvgIpc) is 3.37. The second-order valence-electron chi connectivity index (χ2n) is 10.9. The monoisotopic (exact) mass is 423 g/mol. The molecule has 4 atom stereocenters. The van der Waals surface area contributed by atoms with Gasteiger partial charge in [-0.05, 0) is 106 Å². The Balaban J connectivity index is 1.17. The van der Waals surface area contributed by atoms with Gasteiger partial charge in [0.2, 0.25) is 0 Å². The molecular formula is C26H34FN3O. The first-order valence-electron chi connectivity index (χ1n) is 12.1. The fraction of sp³-hybridized carbons (Fsp3) is 0.692. The van der Waals surface area contributed by atoms with Gasteiger partial charge in [-0.25, -0.2) is 4.39 Å². The first-order chi connectivity index (χ1) is 14.9. The fourth-order valence-electron chi connectivity index (χ4n) is 6.72. The van der Waals surface area contributed by atoms with Gasteiger partial charge in [0.1, 0.15) is 5.82 Å². The van der Waals surface area contributed by atoms with Gasteiger partial charge in [0.05, 0.1) is 18.0 Å². The van der Waals surface area contributed by atoms with E-state index in [1.165, 1.54) is 38.8 Å². The van der Waals surface area contributed by atoms with Crippen molar-refractivity contribution in [2.75, 3.05) is 20.1 Å². The summed E-state index contributed by atoms with van der Waals surface area (Å²) in [6.07, 6.45) is 8.76. The molecular weight excluding hydrogens is 389 g/mol. The van der Waals surface area contributed by atoms with E-state index < -0.39 is 5.92 Å². The smallest absolute Gasteiger partial charge is 0.151 e. The van der Waals surface area contributed by atoms with E-state index in [1.807, 2.05) is 6.07 Å². The number of nitrogens with zero attached hydrogens (tertiary/aromatic N) is 2. The summed E-state index contributed by atoms with van der Waals surface area (Å²) in [6, 6.07) is 8.25. The van der Waals surface area contributed by atoms with E-state index in [1.54, 1.807) is 6.07 Å². The highest BCUT2D eigenvalue weighted by Crippen LogP contribution is 2.56. The predicted octanol–water partition coefficient (Wildman–Crippen LogP) is 4.20. The topological polar surface area (TPSA) is 56.1 Å². The van der Waals surface area contributed by atoms with Crippen LogP contribution in [0.5, 0.6) is 0 Å². The molecule has 1 aromatic carbocycles. The summed E-state index contributed by atoms with van der Waals surface area (Å²) in [6.45, 7) is 2.35. The Morgan fingerprint density at radius 1 is 1.32 bits per heavy atom. The number of piperidine rings is 2. The number of ketones is 1. The van der Waals surface area contributed by atoms with Gasteiger partial charge in [-0.1, -0.05) is 12.1 Å². The van der Waals surface area contributed by atoms with Gasteiger partial charge in [-0.2, -0.15) is 5.26 Å². The lowest BCUT2D eigenvalue weighted by atomic mass is 9.56. The second kappa shape index (κ2) is 8.30. The highest BCUT2D eigenvalue weighted by molar-refractivity contribution is 5.85. The van der Waals surface area contributed by atoms with Crippen LogP contribution in [0.3, 0.4) is 0 Å². The van der Waals surface area contributed by atoms with Crippen molar-refractivity contribution in [3.63, 3.8) is 0 Å². The van der Waals surface area contributed by atoms with Crippen molar-refractivity contribution in [2.24, 2.45) is 17.3 Å². The van der Waals surface area contributed by atoms with Crippen molar-refractivity contribution in [1.82, 2.24) is 10.2 Å². The Morgan fingerprint density at radius 3 is 2.71 bits per heavy atom. The van der Waals surface area contributed by atoms with Gasteiger partial charge in [-0.15, -0.1) is 0 Å². The van der Waals surface area contributed by atoms with Crippen LogP contribution in [0.4, 0.5) is 4.39 Å². The quantitative estimate of drug-likeness (QED) is 0.745. The molecule has 2 aliphatic heterocycles. The third-order valence-electron chi connectivity index (χ3n) is 8.76. The summed E-state index contributed by atoms with van der Waals surface area (Å²) in [7, 11) is 2.19. The van der Waals surface area contributed by atoms with Gasteiger partial charge in [0, 0.05) is 12.5 Å². The lowest BCUT2D eigenvalue weighted by Crippen LogP contribution is -2.45. The molecule has 0 radical (unpaired) electrons. The molecule has 2 aliphatic carbocycles. The van der Waals surface area contributed by atoms with Crippen molar-refractivity contribution in [2.45, 2.75) is 75.8 Å². The number of benzene rings is 1. The summed E-state index contributed by atoms with van der Waals surface area (Å²) >= 11 is 0. The van der Waals surface area contributed by atoms with Gasteiger partial charge < -0.3 is 10.2 Å². The number of halogens is 1. The number of carbonyl (C=O) groups excluding carboxylic acids is 1. The van der Waals surface area contributed by atoms with E-state index in [0.717, 1.165) is 24.8 Å². The maximum atomic E-state index is 14.9. The number of nitrogens with one attached hydrogen (secondary N) is 1. The maximum Gasteiger partial charge on any atom is 0.151 e. The summed E-state index contributed by atoms with van der Waals surface area (Å²) < 4.78 is 14.9. The normalized spacial score (nSPS) is 30.8.